The highest BCUT2D eigenvalue weighted by molar-refractivity contribution is 5.94. The van der Waals surface area contributed by atoms with Crippen molar-refractivity contribution in [2.24, 2.45) is 5.92 Å². The number of nitrogens with one attached hydrogen (secondary N) is 2. The first-order valence-electron chi connectivity index (χ1n) is 13.3. The van der Waals surface area contributed by atoms with Crippen molar-refractivity contribution in [1.29, 1.82) is 0 Å². The van der Waals surface area contributed by atoms with Gasteiger partial charge in [-0.25, -0.2) is 9.37 Å². The molecule has 4 atom stereocenters. The van der Waals surface area contributed by atoms with Crippen LogP contribution in [0.25, 0.3) is 11.3 Å². The van der Waals surface area contributed by atoms with E-state index in [0.717, 1.165) is 19.0 Å². The van der Waals surface area contributed by atoms with Gasteiger partial charge in [-0.1, -0.05) is 6.92 Å². The summed E-state index contributed by atoms with van der Waals surface area (Å²) in [6.07, 6.45) is -0.511. The lowest BCUT2D eigenvalue weighted by Crippen LogP contribution is -2.57. The zero-order chi connectivity index (χ0) is 27.9. The molecule has 212 valence electrons. The number of aromatic amines is 1. The lowest BCUT2D eigenvalue weighted by molar-refractivity contribution is -0.192. The van der Waals surface area contributed by atoms with Gasteiger partial charge in [0.15, 0.2) is 5.82 Å². The number of methoxy groups -OCH3 is 1. The van der Waals surface area contributed by atoms with Crippen molar-refractivity contribution in [3.05, 3.63) is 29.8 Å². The summed E-state index contributed by atoms with van der Waals surface area (Å²) in [4.78, 5) is 33.5. The van der Waals surface area contributed by atoms with E-state index in [1.807, 2.05) is 0 Å². The number of amides is 2. The first kappa shape index (κ1) is 27.4. The van der Waals surface area contributed by atoms with Gasteiger partial charge >= 0.3 is 6.18 Å². The van der Waals surface area contributed by atoms with E-state index in [-0.39, 0.29) is 84.6 Å². The van der Waals surface area contributed by atoms with Crippen LogP contribution in [0.2, 0.25) is 0 Å². The number of halogens is 4. The number of pyridine rings is 1. The van der Waals surface area contributed by atoms with E-state index >= 15 is 0 Å². The van der Waals surface area contributed by atoms with Crippen molar-refractivity contribution >= 4 is 11.8 Å². The van der Waals surface area contributed by atoms with Gasteiger partial charge in [-0.3, -0.25) is 19.6 Å². The second-order valence-corrected chi connectivity index (χ2v) is 10.6. The fraction of sp³-hybridized carbons (Fsp3) is 0.615. The zero-order valence-electron chi connectivity index (χ0n) is 21.8. The monoisotopic (exact) mass is 552 g/mol. The third kappa shape index (κ3) is 5.45. The summed E-state index contributed by atoms with van der Waals surface area (Å²) in [6, 6.07) is 0.831. The van der Waals surface area contributed by atoms with E-state index in [2.05, 4.69) is 20.5 Å². The van der Waals surface area contributed by atoms with Crippen molar-refractivity contribution in [1.82, 2.24) is 30.3 Å². The third-order valence-electron chi connectivity index (χ3n) is 8.28. The van der Waals surface area contributed by atoms with Crippen LogP contribution in [0, 0.1) is 11.7 Å². The summed E-state index contributed by atoms with van der Waals surface area (Å²) in [5, 5.41) is 9.82. The fourth-order valence-electron chi connectivity index (χ4n) is 6.36. The minimum Gasteiger partial charge on any atom is -0.481 e. The van der Waals surface area contributed by atoms with Crippen molar-refractivity contribution in [2.45, 2.75) is 75.8 Å². The molecule has 5 heterocycles. The number of likely N-dealkylation sites (N-methyl/N-ethyl adjacent to an activating group) is 1. The summed E-state index contributed by atoms with van der Waals surface area (Å²) in [7, 11) is 1.42. The molecule has 0 radical (unpaired) electrons. The van der Waals surface area contributed by atoms with Crippen LogP contribution in [0.3, 0.4) is 0 Å². The van der Waals surface area contributed by atoms with Crippen LogP contribution in [0.4, 0.5) is 17.6 Å². The lowest BCUT2D eigenvalue weighted by atomic mass is 9.88. The second-order valence-electron chi connectivity index (χ2n) is 10.6. The molecule has 3 fully saturated rings. The Hall–Kier alpha value is -3.22. The van der Waals surface area contributed by atoms with Crippen LogP contribution < -0.4 is 10.1 Å². The van der Waals surface area contributed by atoms with Gasteiger partial charge in [-0.05, 0) is 51.1 Å². The molecule has 9 nitrogen and oxygen atoms in total. The van der Waals surface area contributed by atoms with Gasteiger partial charge in [-0.2, -0.15) is 18.3 Å². The Balaban J connectivity index is 1.21. The molecule has 2 aromatic rings. The second kappa shape index (κ2) is 10.7. The number of piperidine rings is 2. The minimum atomic E-state index is -4.28. The molecule has 39 heavy (non-hydrogen) atoms. The Morgan fingerprint density at radius 1 is 1.15 bits per heavy atom. The highest BCUT2D eigenvalue weighted by atomic mass is 19.4. The topological polar surface area (TPSA) is 103 Å². The number of aromatic nitrogens is 3. The Labute approximate surface area is 223 Å². The largest absolute Gasteiger partial charge is 0.481 e. The summed E-state index contributed by atoms with van der Waals surface area (Å²) in [6.45, 7) is 2.13. The van der Waals surface area contributed by atoms with Crippen LogP contribution in [-0.4, -0.2) is 87.3 Å². The van der Waals surface area contributed by atoms with Gasteiger partial charge in [-0.15, -0.1) is 0 Å². The molecular weight excluding hydrogens is 520 g/mol. The van der Waals surface area contributed by atoms with Crippen molar-refractivity contribution in [2.75, 3.05) is 20.2 Å². The Morgan fingerprint density at radius 3 is 2.51 bits per heavy atom. The number of carbonyl (C=O) groups excluding carboxylic acids is 2. The van der Waals surface area contributed by atoms with Crippen LogP contribution in [0.5, 0.6) is 5.88 Å². The number of hydrogen-bond donors (Lipinski definition) is 2. The number of ether oxygens (including phenoxy) is 1. The fourth-order valence-corrected chi connectivity index (χ4v) is 6.36. The maximum Gasteiger partial charge on any atom is 0.404 e. The molecule has 0 aromatic carbocycles. The normalized spacial score (nSPS) is 27.4. The molecule has 0 saturated carbocycles. The molecule has 2 amide bonds. The van der Waals surface area contributed by atoms with Gasteiger partial charge < -0.3 is 15.0 Å². The number of nitrogens with zero attached hydrogens (tertiary/aromatic N) is 4. The minimum absolute atomic E-state index is 0.0389. The molecule has 3 aliphatic heterocycles. The van der Waals surface area contributed by atoms with Crippen molar-refractivity contribution in [3.8, 4) is 17.1 Å². The summed E-state index contributed by atoms with van der Waals surface area (Å²) >= 11 is 0. The van der Waals surface area contributed by atoms with Crippen LogP contribution in [0.15, 0.2) is 18.3 Å². The van der Waals surface area contributed by atoms with E-state index in [9.17, 15) is 27.2 Å². The molecule has 5 rings (SSSR count). The molecule has 2 aromatic heterocycles. The third-order valence-corrected chi connectivity index (χ3v) is 8.28. The summed E-state index contributed by atoms with van der Waals surface area (Å²) < 4.78 is 59.3. The Bertz CT molecular complexity index is 1210. The maximum atomic E-state index is 14.3. The average Bonchev–Trinajstić information content (AvgIpc) is 3.50. The first-order chi connectivity index (χ1) is 18.6. The maximum absolute atomic E-state index is 14.3. The Morgan fingerprint density at radius 2 is 1.87 bits per heavy atom. The molecule has 2 N–H and O–H groups in total. The smallest absolute Gasteiger partial charge is 0.404 e. The SMILES string of the molecule is CCN1C[C@@H](NC(=O)C2CC3CCC(C2)N3C(=O)c2cc(-c3cc(OC)ncc3F)n[nH]2)CC[C@H]1C(F)(F)F. The van der Waals surface area contributed by atoms with Crippen LogP contribution >= 0.6 is 0 Å². The van der Waals surface area contributed by atoms with Gasteiger partial charge in [0.2, 0.25) is 11.8 Å². The highest BCUT2D eigenvalue weighted by Gasteiger charge is 2.48. The number of rotatable bonds is 6. The molecule has 0 spiro atoms. The van der Waals surface area contributed by atoms with Gasteiger partial charge in [0, 0.05) is 42.2 Å². The molecule has 2 bridgehead atoms. The first-order valence-corrected chi connectivity index (χ1v) is 13.3. The molecule has 13 heteroatoms. The van der Waals surface area contributed by atoms with E-state index < -0.39 is 18.0 Å². The number of hydrogen-bond acceptors (Lipinski definition) is 6. The molecule has 3 aliphatic rings. The molecule has 2 unspecified atom stereocenters. The lowest BCUT2D eigenvalue weighted by Gasteiger charge is -2.41. The Kier molecular flexibility index (Phi) is 7.53. The predicted octanol–water partition coefficient (Wildman–Crippen LogP) is 3.53. The molecular formula is C26H32F4N6O3. The van der Waals surface area contributed by atoms with Crippen molar-refractivity contribution < 1.29 is 31.9 Å². The quantitative estimate of drug-likeness (QED) is 0.532. The predicted molar refractivity (Wildman–Crippen MR) is 132 cm³/mol. The summed E-state index contributed by atoms with van der Waals surface area (Å²) in [5.74, 6) is -1.10. The van der Waals surface area contributed by atoms with Gasteiger partial charge in [0.1, 0.15) is 11.7 Å². The number of fused-ring (bicyclic) bond motifs is 2. The number of carbonyl (C=O) groups is 2. The van der Waals surface area contributed by atoms with E-state index in [1.165, 1.54) is 24.1 Å². The van der Waals surface area contributed by atoms with Crippen molar-refractivity contribution in [3.63, 3.8) is 0 Å². The van der Waals surface area contributed by atoms with Crippen LogP contribution in [-0.2, 0) is 4.79 Å². The molecule has 0 aliphatic carbocycles. The summed E-state index contributed by atoms with van der Waals surface area (Å²) in [5.41, 5.74) is 0.627. The van der Waals surface area contributed by atoms with Crippen LogP contribution in [0.1, 0.15) is 55.9 Å². The average molecular weight is 553 g/mol. The van der Waals surface area contributed by atoms with Gasteiger partial charge in [0.05, 0.1) is 19.0 Å². The molecule has 3 saturated heterocycles. The highest BCUT2D eigenvalue weighted by Crippen LogP contribution is 2.40. The number of H-pyrrole nitrogens is 1. The van der Waals surface area contributed by atoms with E-state index in [4.69, 9.17) is 4.74 Å². The number of alkyl halides is 3. The number of likely N-dealkylation sites (tertiary alicyclic amines) is 1. The standard InChI is InChI=1S/C26H32F4N6O3/c1-3-35-13-15(4-7-22(35)26(28,29)30)32-24(37)14-8-16-5-6-17(9-14)36(16)25(38)21-11-20(33-34-21)18-10-23(39-2)31-12-19(18)27/h10-12,14-17,22H,3-9,13H2,1-2H3,(H,32,37)(H,33,34)/t14?,15-,16?,17?,22-/m0/s1. The van der Waals surface area contributed by atoms with E-state index in [0.29, 0.717) is 12.8 Å². The zero-order valence-corrected chi connectivity index (χ0v) is 21.8. The van der Waals surface area contributed by atoms with E-state index in [1.54, 1.807) is 11.8 Å². The van der Waals surface area contributed by atoms with Gasteiger partial charge in [0.25, 0.3) is 5.91 Å².